The van der Waals surface area contributed by atoms with Crippen LogP contribution in [0.2, 0.25) is 5.02 Å². The monoisotopic (exact) mass is 460 g/mol. The van der Waals surface area contributed by atoms with Gasteiger partial charge in [-0.15, -0.1) is 11.3 Å². The number of piperazine rings is 1. The Labute approximate surface area is 186 Å². The van der Waals surface area contributed by atoms with Gasteiger partial charge in [0.25, 0.3) is 0 Å². The molecule has 1 aliphatic heterocycles. The predicted octanol–water partition coefficient (Wildman–Crippen LogP) is 4.16. The van der Waals surface area contributed by atoms with E-state index in [0.717, 1.165) is 11.3 Å². The summed E-state index contributed by atoms with van der Waals surface area (Å²) in [4.78, 5) is 1.83. The molecule has 0 unspecified atom stereocenters. The maximum Gasteiger partial charge on any atom is 0.156 e. The van der Waals surface area contributed by atoms with Gasteiger partial charge in [-0.25, -0.2) is 8.78 Å². The van der Waals surface area contributed by atoms with Crippen molar-refractivity contribution in [3.05, 3.63) is 46.0 Å². The fourth-order valence-electron chi connectivity index (χ4n) is 3.91. The van der Waals surface area contributed by atoms with Crippen LogP contribution in [0, 0.1) is 28.4 Å². The van der Waals surface area contributed by atoms with E-state index in [0.29, 0.717) is 19.6 Å². The molecule has 2 heterocycles. The Kier molecular flexibility index (Phi) is 5.47. The van der Waals surface area contributed by atoms with Crippen molar-refractivity contribution < 1.29 is 8.78 Å². The zero-order valence-corrected chi connectivity index (χ0v) is 18.1. The van der Waals surface area contributed by atoms with E-state index < -0.39 is 11.6 Å². The van der Waals surface area contributed by atoms with Crippen LogP contribution in [0.15, 0.2) is 18.2 Å². The Morgan fingerprint density at radius 3 is 2.81 bits per heavy atom. The highest BCUT2D eigenvalue weighted by molar-refractivity contribution is 7.23. The third-order valence-corrected chi connectivity index (χ3v) is 6.82. The molecule has 0 spiro atoms. The van der Waals surface area contributed by atoms with Gasteiger partial charge in [0, 0.05) is 42.2 Å². The van der Waals surface area contributed by atoms with Gasteiger partial charge in [-0.2, -0.15) is 5.26 Å². The summed E-state index contributed by atoms with van der Waals surface area (Å²) >= 11 is 7.39. The van der Waals surface area contributed by atoms with Crippen LogP contribution in [0.3, 0.4) is 0 Å². The minimum atomic E-state index is -0.823. The number of nitriles is 1. The van der Waals surface area contributed by atoms with Crippen LogP contribution in [0.25, 0.3) is 21.2 Å². The van der Waals surface area contributed by atoms with Crippen molar-refractivity contribution >= 4 is 49.5 Å². The van der Waals surface area contributed by atoms with Crippen LogP contribution in [0.1, 0.15) is 18.1 Å². The number of nitrogen functional groups attached to an aromatic ring is 2. The summed E-state index contributed by atoms with van der Waals surface area (Å²) < 4.78 is 30.1. The van der Waals surface area contributed by atoms with Gasteiger partial charge >= 0.3 is 0 Å². The van der Waals surface area contributed by atoms with Gasteiger partial charge in [0.15, 0.2) is 5.82 Å². The second-order valence-electron chi connectivity index (χ2n) is 7.36. The van der Waals surface area contributed by atoms with Gasteiger partial charge in [-0.3, -0.25) is 5.41 Å². The SMILES string of the molecule is C[C@H]1CNCCN1C(=N)c1cc(Cl)c(-c2ccc(F)c3sc(N)c(C#N)c23)c(F)c1N. The lowest BCUT2D eigenvalue weighted by atomic mass is 9.95. The first-order valence-electron chi connectivity index (χ1n) is 9.50. The smallest absolute Gasteiger partial charge is 0.156 e. The number of anilines is 2. The molecule has 1 saturated heterocycles. The highest BCUT2D eigenvalue weighted by atomic mass is 35.5. The molecule has 1 aliphatic rings. The molecule has 3 aromatic rings. The van der Waals surface area contributed by atoms with Crippen molar-refractivity contribution in [2.45, 2.75) is 13.0 Å². The molecule has 1 aromatic heterocycles. The Bertz CT molecular complexity index is 1270. The highest BCUT2D eigenvalue weighted by Crippen LogP contribution is 2.45. The van der Waals surface area contributed by atoms with Crippen LogP contribution in [0.5, 0.6) is 0 Å². The van der Waals surface area contributed by atoms with Crippen LogP contribution < -0.4 is 16.8 Å². The fraction of sp³-hybridized carbons (Fsp3) is 0.238. The van der Waals surface area contributed by atoms with E-state index in [-0.39, 0.29) is 59.9 Å². The van der Waals surface area contributed by atoms with Gasteiger partial charge in [-0.05, 0) is 24.6 Å². The molecular formula is C21H19ClF2N6S. The van der Waals surface area contributed by atoms with Gasteiger partial charge in [0.05, 0.1) is 21.0 Å². The van der Waals surface area contributed by atoms with Crippen molar-refractivity contribution in [2.24, 2.45) is 0 Å². The summed E-state index contributed by atoms with van der Waals surface area (Å²) in [6, 6.07) is 5.98. The molecule has 1 atom stereocenters. The van der Waals surface area contributed by atoms with Crippen molar-refractivity contribution in [1.82, 2.24) is 10.2 Å². The minimum absolute atomic E-state index is 0.0100. The maximum absolute atomic E-state index is 15.6. The van der Waals surface area contributed by atoms with Crippen LogP contribution >= 0.6 is 22.9 Å². The molecule has 10 heteroatoms. The zero-order chi connectivity index (χ0) is 22.4. The molecule has 0 saturated carbocycles. The lowest BCUT2D eigenvalue weighted by molar-refractivity contribution is 0.273. The van der Waals surface area contributed by atoms with Crippen molar-refractivity contribution in [2.75, 3.05) is 31.1 Å². The summed E-state index contributed by atoms with van der Waals surface area (Å²) in [7, 11) is 0. The van der Waals surface area contributed by atoms with Crippen molar-refractivity contribution in [3.8, 4) is 17.2 Å². The lowest BCUT2D eigenvalue weighted by Crippen LogP contribution is -2.52. The first-order valence-corrected chi connectivity index (χ1v) is 10.7. The highest BCUT2D eigenvalue weighted by Gasteiger charge is 2.28. The first-order chi connectivity index (χ1) is 14.8. The number of benzene rings is 2. The second-order valence-corrected chi connectivity index (χ2v) is 8.82. The molecule has 1 fully saturated rings. The lowest BCUT2D eigenvalue weighted by Gasteiger charge is -2.36. The average molecular weight is 461 g/mol. The minimum Gasteiger partial charge on any atom is -0.396 e. The van der Waals surface area contributed by atoms with E-state index in [4.69, 9.17) is 28.5 Å². The third-order valence-electron chi connectivity index (χ3n) is 5.50. The summed E-state index contributed by atoms with van der Waals surface area (Å²) in [6.07, 6.45) is 0. The van der Waals surface area contributed by atoms with Gasteiger partial charge in [0.1, 0.15) is 22.7 Å². The predicted molar refractivity (Wildman–Crippen MR) is 122 cm³/mol. The molecule has 0 amide bonds. The zero-order valence-electron chi connectivity index (χ0n) is 16.5. The van der Waals surface area contributed by atoms with E-state index in [1.807, 2.05) is 17.9 Å². The molecule has 0 bridgehead atoms. The Balaban J connectivity index is 1.91. The van der Waals surface area contributed by atoms with Gasteiger partial charge < -0.3 is 21.7 Å². The fourth-order valence-corrected chi connectivity index (χ4v) is 5.16. The molecule has 0 aliphatic carbocycles. The number of hydrogen-bond acceptors (Lipinski definition) is 6. The van der Waals surface area contributed by atoms with Crippen LogP contribution in [0.4, 0.5) is 19.5 Å². The average Bonchev–Trinajstić information content (AvgIpc) is 3.09. The van der Waals surface area contributed by atoms with E-state index in [1.165, 1.54) is 18.2 Å². The summed E-state index contributed by atoms with van der Waals surface area (Å²) in [5, 5.41) is 21.7. The van der Waals surface area contributed by atoms with Crippen molar-refractivity contribution in [1.29, 1.82) is 10.7 Å². The molecule has 160 valence electrons. The second kappa shape index (κ2) is 7.96. The number of nitrogens with one attached hydrogen (secondary N) is 2. The molecule has 31 heavy (non-hydrogen) atoms. The Morgan fingerprint density at radius 1 is 1.39 bits per heavy atom. The maximum atomic E-state index is 15.6. The number of nitrogens with zero attached hydrogens (tertiary/aromatic N) is 2. The normalized spacial score (nSPS) is 16.5. The Morgan fingerprint density at radius 2 is 2.13 bits per heavy atom. The molecule has 4 rings (SSSR count). The van der Waals surface area contributed by atoms with E-state index in [2.05, 4.69) is 5.32 Å². The number of rotatable bonds is 2. The van der Waals surface area contributed by atoms with E-state index >= 15 is 4.39 Å². The number of hydrogen-bond donors (Lipinski definition) is 4. The first kappa shape index (κ1) is 21.3. The van der Waals surface area contributed by atoms with Crippen LogP contribution in [-0.4, -0.2) is 36.4 Å². The molecule has 6 nitrogen and oxygen atoms in total. The topological polar surface area (TPSA) is 115 Å². The number of fused-ring (bicyclic) bond motifs is 1. The molecule has 0 radical (unpaired) electrons. The van der Waals surface area contributed by atoms with E-state index in [1.54, 1.807) is 0 Å². The molecule has 6 N–H and O–H groups in total. The number of nitrogens with two attached hydrogens (primary N) is 2. The number of amidine groups is 1. The summed E-state index contributed by atoms with van der Waals surface area (Å²) in [6.45, 7) is 3.94. The third kappa shape index (κ3) is 3.37. The Hall–Kier alpha value is -2.93. The van der Waals surface area contributed by atoms with Gasteiger partial charge in [-0.1, -0.05) is 17.7 Å². The van der Waals surface area contributed by atoms with Crippen LogP contribution in [-0.2, 0) is 0 Å². The van der Waals surface area contributed by atoms with E-state index in [9.17, 15) is 9.65 Å². The standard InChI is InChI=1S/C21H19ClF2N6S/c1-9-8-29-4-5-30(9)20(27)11-6-13(22)16(17(24)18(11)26)10-2-3-14(23)19-15(10)12(7-25)21(28)31-19/h2-3,6,9,27,29H,4-5,8,26,28H2,1H3/t9-/m0/s1. The molecule has 2 aromatic carbocycles. The summed E-state index contributed by atoms with van der Waals surface area (Å²) in [5.41, 5.74) is 12.2. The quantitative estimate of drug-likeness (QED) is 0.260. The number of halogens is 3. The number of thiophene rings is 1. The van der Waals surface area contributed by atoms with Gasteiger partial charge in [0.2, 0.25) is 0 Å². The van der Waals surface area contributed by atoms with Crippen molar-refractivity contribution in [3.63, 3.8) is 0 Å². The largest absolute Gasteiger partial charge is 0.396 e. The molecular weight excluding hydrogens is 442 g/mol. The summed E-state index contributed by atoms with van der Waals surface area (Å²) in [5.74, 6) is -1.30.